The molecule has 1 saturated heterocycles. The molecule has 0 amide bonds. The van der Waals surface area contributed by atoms with Crippen molar-refractivity contribution in [3.05, 3.63) is 12.2 Å². The van der Waals surface area contributed by atoms with Crippen molar-refractivity contribution < 1.29 is 23.8 Å². The Hall–Kier alpha value is -1.36. The van der Waals surface area contributed by atoms with Crippen LogP contribution in [0.4, 0.5) is 0 Å². The highest BCUT2D eigenvalue weighted by atomic mass is 16.7. The summed E-state index contributed by atoms with van der Waals surface area (Å²) in [6.07, 6.45) is 5.76. The first-order chi connectivity index (χ1) is 12.5. The van der Waals surface area contributed by atoms with Crippen molar-refractivity contribution in [3.8, 4) is 0 Å². The molecule has 5 nitrogen and oxygen atoms in total. The van der Waals surface area contributed by atoms with E-state index in [4.69, 9.17) is 14.2 Å². The number of hydrogen-bond donors (Lipinski definition) is 0. The molecule has 5 heteroatoms. The summed E-state index contributed by atoms with van der Waals surface area (Å²) in [5.41, 5.74) is 0.481. The number of esters is 2. The third-order valence-corrected chi connectivity index (χ3v) is 7.80. The molecule has 0 aromatic rings. The molecule has 5 rings (SSSR count). The van der Waals surface area contributed by atoms with Gasteiger partial charge in [-0.05, 0) is 74.5 Å². The number of ether oxygens (including phenoxy) is 3. The summed E-state index contributed by atoms with van der Waals surface area (Å²) in [5.74, 6) is 3.17. The summed E-state index contributed by atoms with van der Waals surface area (Å²) in [5, 5.41) is 0. The molecule has 142 valence electrons. The standard InChI is InChI=1S/C21H28O5/c1-10(2)20(22)25-16-9-12-8-15(16)19-11-6-13(18(12)19)14(7-11)21(23)26-17-4-3-5-24-17/h11-19H,1,3-9H2,2H3. The second-order valence-electron chi connectivity index (χ2n) is 9.16. The van der Waals surface area contributed by atoms with Gasteiger partial charge in [-0.3, -0.25) is 4.79 Å². The first kappa shape index (κ1) is 16.8. The van der Waals surface area contributed by atoms with Crippen LogP contribution in [0.2, 0.25) is 0 Å². The van der Waals surface area contributed by atoms with Gasteiger partial charge in [0.25, 0.3) is 0 Å². The normalized spacial score (nSPS) is 47.8. The molecular formula is C21H28O5. The molecule has 9 unspecified atom stereocenters. The van der Waals surface area contributed by atoms with E-state index in [1.807, 2.05) is 0 Å². The smallest absolute Gasteiger partial charge is 0.333 e. The van der Waals surface area contributed by atoms with Gasteiger partial charge in [-0.1, -0.05) is 6.58 Å². The Morgan fingerprint density at radius 1 is 1.00 bits per heavy atom. The zero-order valence-corrected chi connectivity index (χ0v) is 15.4. The quantitative estimate of drug-likeness (QED) is 0.438. The maximum absolute atomic E-state index is 12.7. The molecule has 0 radical (unpaired) electrons. The molecule has 0 spiro atoms. The van der Waals surface area contributed by atoms with Gasteiger partial charge in [-0.25, -0.2) is 4.79 Å². The lowest BCUT2D eigenvalue weighted by atomic mass is 9.67. The molecule has 1 heterocycles. The minimum atomic E-state index is -0.316. The summed E-state index contributed by atoms with van der Waals surface area (Å²) in [7, 11) is 0. The first-order valence-corrected chi connectivity index (χ1v) is 10.2. The van der Waals surface area contributed by atoms with Crippen LogP contribution >= 0.6 is 0 Å². The van der Waals surface area contributed by atoms with Crippen molar-refractivity contribution in [2.45, 2.75) is 57.8 Å². The average molecular weight is 360 g/mol. The van der Waals surface area contributed by atoms with E-state index in [9.17, 15) is 9.59 Å². The molecule has 4 saturated carbocycles. The van der Waals surface area contributed by atoms with E-state index in [1.165, 1.54) is 0 Å². The Labute approximate surface area is 154 Å². The van der Waals surface area contributed by atoms with Crippen LogP contribution in [-0.2, 0) is 23.8 Å². The summed E-state index contributed by atoms with van der Waals surface area (Å²) in [6, 6.07) is 0. The van der Waals surface area contributed by atoms with Crippen LogP contribution in [0.3, 0.4) is 0 Å². The minimum absolute atomic E-state index is 0.0316. The summed E-state index contributed by atoms with van der Waals surface area (Å²) >= 11 is 0. The number of fused-ring (bicyclic) bond motifs is 9. The fourth-order valence-electron chi connectivity index (χ4n) is 7.04. The van der Waals surface area contributed by atoms with Crippen molar-refractivity contribution >= 4 is 11.9 Å². The van der Waals surface area contributed by atoms with E-state index < -0.39 is 0 Å². The molecule has 1 aliphatic heterocycles. The average Bonchev–Trinajstić information content (AvgIpc) is 3.38. The van der Waals surface area contributed by atoms with Crippen molar-refractivity contribution in [2.75, 3.05) is 6.61 Å². The number of carbonyl (C=O) groups is 2. The van der Waals surface area contributed by atoms with Gasteiger partial charge in [0, 0.05) is 12.0 Å². The zero-order chi connectivity index (χ0) is 18.0. The van der Waals surface area contributed by atoms with Crippen molar-refractivity contribution in [3.63, 3.8) is 0 Å². The largest absolute Gasteiger partial charge is 0.459 e. The molecule has 0 aromatic carbocycles. The van der Waals surface area contributed by atoms with Gasteiger partial charge in [0.15, 0.2) is 0 Å². The number of carbonyl (C=O) groups excluding carboxylic acids is 2. The molecule has 0 aromatic heterocycles. The van der Waals surface area contributed by atoms with E-state index >= 15 is 0 Å². The van der Waals surface area contributed by atoms with E-state index in [0.717, 1.165) is 38.5 Å². The lowest BCUT2D eigenvalue weighted by molar-refractivity contribution is -0.178. The number of rotatable bonds is 4. The molecule has 9 atom stereocenters. The van der Waals surface area contributed by atoms with E-state index in [0.29, 0.717) is 47.7 Å². The van der Waals surface area contributed by atoms with Crippen LogP contribution < -0.4 is 0 Å². The summed E-state index contributed by atoms with van der Waals surface area (Å²) in [4.78, 5) is 24.6. The van der Waals surface area contributed by atoms with E-state index in [2.05, 4.69) is 6.58 Å². The topological polar surface area (TPSA) is 61.8 Å². The molecule has 5 fully saturated rings. The Morgan fingerprint density at radius 2 is 1.73 bits per heavy atom. The predicted molar refractivity (Wildman–Crippen MR) is 92.7 cm³/mol. The molecular weight excluding hydrogens is 332 g/mol. The van der Waals surface area contributed by atoms with Crippen molar-refractivity contribution in [1.29, 1.82) is 0 Å². The Morgan fingerprint density at radius 3 is 2.46 bits per heavy atom. The fourth-order valence-corrected chi connectivity index (χ4v) is 7.04. The van der Waals surface area contributed by atoms with Gasteiger partial charge in [0.1, 0.15) is 6.10 Å². The maximum atomic E-state index is 12.7. The monoisotopic (exact) mass is 360 g/mol. The predicted octanol–water partition coefficient (Wildman–Crippen LogP) is 3.08. The highest BCUT2D eigenvalue weighted by molar-refractivity contribution is 5.87. The van der Waals surface area contributed by atoms with Gasteiger partial charge in [-0.2, -0.15) is 0 Å². The third kappa shape index (κ3) is 2.46. The van der Waals surface area contributed by atoms with Crippen LogP contribution in [-0.4, -0.2) is 30.9 Å². The maximum Gasteiger partial charge on any atom is 0.333 e. The Kier molecular flexibility index (Phi) is 3.93. The fraction of sp³-hybridized carbons (Fsp3) is 0.810. The second-order valence-corrected chi connectivity index (χ2v) is 9.16. The zero-order valence-electron chi connectivity index (χ0n) is 15.4. The van der Waals surface area contributed by atoms with Crippen LogP contribution in [0, 0.1) is 41.4 Å². The van der Waals surface area contributed by atoms with Crippen LogP contribution in [0.5, 0.6) is 0 Å². The molecule has 4 aliphatic carbocycles. The molecule has 5 aliphatic rings. The van der Waals surface area contributed by atoms with Gasteiger partial charge >= 0.3 is 11.9 Å². The Bertz CT molecular complexity index is 636. The van der Waals surface area contributed by atoms with Gasteiger partial charge in [-0.15, -0.1) is 0 Å². The number of hydrogen-bond acceptors (Lipinski definition) is 5. The Balaban J connectivity index is 1.25. The summed E-state index contributed by atoms with van der Waals surface area (Å²) in [6.45, 7) is 6.11. The minimum Gasteiger partial charge on any atom is -0.459 e. The van der Waals surface area contributed by atoms with Crippen LogP contribution in [0.1, 0.15) is 45.4 Å². The molecule has 0 N–H and O–H groups in total. The third-order valence-electron chi connectivity index (χ3n) is 7.80. The van der Waals surface area contributed by atoms with Crippen LogP contribution in [0.25, 0.3) is 0 Å². The van der Waals surface area contributed by atoms with E-state index in [1.54, 1.807) is 6.92 Å². The van der Waals surface area contributed by atoms with Crippen molar-refractivity contribution in [2.24, 2.45) is 41.4 Å². The highest BCUT2D eigenvalue weighted by Gasteiger charge is 2.66. The van der Waals surface area contributed by atoms with E-state index in [-0.39, 0.29) is 30.3 Å². The summed E-state index contributed by atoms with van der Waals surface area (Å²) < 4.78 is 16.8. The molecule has 26 heavy (non-hydrogen) atoms. The van der Waals surface area contributed by atoms with Gasteiger partial charge in [0.05, 0.1) is 12.5 Å². The van der Waals surface area contributed by atoms with Crippen LogP contribution in [0.15, 0.2) is 12.2 Å². The van der Waals surface area contributed by atoms with Crippen molar-refractivity contribution in [1.82, 2.24) is 0 Å². The lowest BCUT2D eigenvalue weighted by Crippen LogP contribution is -2.41. The lowest BCUT2D eigenvalue weighted by Gasteiger charge is -2.40. The SMILES string of the molecule is C=C(C)C(=O)OC1CC2CC1C1C3CC(C(=O)OC4CCCO4)C(C3)C21. The van der Waals surface area contributed by atoms with Gasteiger partial charge in [0.2, 0.25) is 6.29 Å². The first-order valence-electron chi connectivity index (χ1n) is 10.2. The second kappa shape index (κ2) is 6.08. The van der Waals surface area contributed by atoms with Gasteiger partial charge < -0.3 is 14.2 Å². The highest BCUT2D eigenvalue weighted by Crippen LogP contribution is 2.69. The molecule has 4 bridgehead atoms.